The van der Waals surface area contributed by atoms with Crippen molar-refractivity contribution in [1.82, 2.24) is 4.90 Å². The van der Waals surface area contributed by atoms with Gasteiger partial charge in [-0.25, -0.2) is 14.4 Å². The summed E-state index contributed by atoms with van der Waals surface area (Å²) in [4.78, 5) is 49.6. The molecule has 0 unspecified atom stereocenters. The molecule has 1 saturated heterocycles. The van der Waals surface area contributed by atoms with Crippen LogP contribution in [0.1, 0.15) is 30.6 Å². The van der Waals surface area contributed by atoms with Gasteiger partial charge >= 0.3 is 17.9 Å². The van der Waals surface area contributed by atoms with Crippen molar-refractivity contribution in [2.45, 2.75) is 32.4 Å². The SMILES string of the molecule is CCOC(=O)/C=C/C(=O)O[C@@H]1C[C@@H](C(=O)OCC)N(C(=O)c2ccccc2)C1. The third-order valence-corrected chi connectivity index (χ3v) is 4.03. The van der Waals surface area contributed by atoms with Crippen LogP contribution in [0.15, 0.2) is 42.5 Å². The Hall–Kier alpha value is -3.16. The molecule has 2 atom stereocenters. The number of hydrogen-bond acceptors (Lipinski definition) is 7. The Kier molecular flexibility index (Phi) is 7.74. The Morgan fingerprint density at radius 2 is 1.64 bits per heavy atom. The first-order valence-electron chi connectivity index (χ1n) is 9.04. The zero-order chi connectivity index (χ0) is 20.5. The molecule has 1 aliphatic rings. The quantitative estimate of drug-likeness (QED) is 0.396. The monoisotopic (exact) mass is 389 g/mol. The van der Waals surface area contributed by atoms with Crippen LogP contribution in [0.5, 0.6) is 0 Å². The predicted octanol–water partition coefficient (Wildman–Crippen LogP) is 1.50. The average Bonchev–Trinajstić information content (AvgIpc) is 3.11. The highest BCUT2D eigenvalue weighted by atomic mass is 16.6. The molecule has 0 radical (unpaired) electrons. The molecule has 1 amide bonds. The number of amides is 1. The van der Waals surface area contributed by atoms with Crippen LogP contribution in [0.25, 0.3) is 0 Å². The number of carbonyl (C=O) groups excluding carboxylic acids is 4. The van der Waals surface area contributed by atoms with Gasteiger partial charge in [-0.2, -0.15) is 0 Å². The first-order valence-corrected chi connectivity index (χ1v) is 9.04. The molecule has 0 aromatic heterocycles. The maximum atomic E-state index is 12.8. The van der Waals surface area contributed by atoms with E-state index in [1.165, 1.54) is 4.90 Å². The van der Waals surface area contributed by atoms with E-state index in [2.05, 4.69) is 4.74 Å². The summed E-state index contributed by atoms with van der Waals surface area (Å²) in [6, 6.07) is 7.67. The highest BCUT2D eigenvalue weighted by Crippen LogP contribution is 2.24. The lowest BCUT2D eigenvalue weighted by Crippen LogP contribution is -2.41. The molecule has 1 aromatic carbocycles. The van der Waals surface area contributed by atoms with Gasteiger partial charge in [0, 0.05) is 24.1 Å². The van der Waals surface area contributed by atoms with Crippen molar-refractivity contribution < 1.29 is 33.4 Å². The smallest absolute Gasteiger partial charge is 0.331 e. The number of nitrogens with zero attached hydrogens (tertiary/aromatic N) is 1. The van der Waals surface area contributed by atoms with E-state index in [0.29, 0.717) is 5.56 Å². The van der Waals surface area contributed by atoms with Gasteiger partial charge in [0.25, 0.3) is 5.91 Å². The fourth-order valence-electron chi connectivity index (χ4n) is 2.85. The summed E-state index contributed by atoms with van der Waals surface area (Å²) in [6.07, 6.45) is 1.35. The highest BCUT2D eigenvalue weighted by Gasteiger charge is 2.42. The van der Waals surface area contributed by atoms with Crippen LogP contribution in [0.2, 0.25) is 0 Å². The van der Waals surface area contributed by atoms with Gasteiger partial charge in [0.1, 0.15) is 12.1 Å². The minimum absolute atomic E-state index is 0.0518. The summed E-state index contributed by atoms with van der Waals surface area (Å²) in [5.74, 6) is -2.31. The van der Waals surface area contributed by atoms with Crippen molar-refractivity contribution in [3.8, 4) is 0 Å². The molecule has 0 saturated carbocycles. The molecule has 8 nitrogen and oxygen atoms in total. The van der Waals surface area contributed by atoms with Crippen LogP contribution >= 0.6 is 0 Å². The van der Waals surface area contributed by atoms with Gasteiger partial charge in [0.2, 0.25) is 0 Å². The third-order valence-electron chi connectivity index (χ3n) is 4.03. The number of rotatable bonds is 7. The molecule has 0 spiro atoms. The molecule has 2 rings (SSSR count). The minimum atomic E-state index is -0.848. The molecule has 1 aliphatic heterocycles. The van der Waals surface area contributed by atoms with E-state index in [9.17, 15) is 19.2 Å². The van der Waals surface area contributed by atoms with Gasteiger partial charge in [0.05, 0.1) is 19.8 Å². The lowest BCUT2D eigenvalue weighted by molar-refractivity contribution is -0.148. The number of benzene rings is 1. The summed E-state index contributed by atoms with van der Waals surface area (Å²) in [5.41, 5.74) is 0.422. The highest BCUT2D eigenvalue weighted by molar-refractivity contribution is 5.97. The van der Waals surface area contributed by atoms with Crippen LogP contribution in [-0.4, -0.2) is 60.6 Å². The van der Waals surface area contributed by atoms with Crippen LogP contribution in [0.3, 0.4) is 0 Å². The summed E-state index contributed by atoms with van der Waals surface area (Å²) in [6.45, 7) is 3.74. The van der Waals surface area contributed by atoms with E-state index >= 15 is 0 Å². The minimum Gasteiger partial charge on any atom is -0.464 e. The molecule has 1 fully saturated rings. The van der Waals surface area contributed by atoms with Crippen molar-refractivity contribution in [3.05, 3.63) is 48.0 Å². The number of esters is 3. The topological polar surface area (TPSA) is 99.2 Å². The summed E-state index contributed by atoms with van der Waals surface area (Å²) >= 11 is 0. The number of carbonyl (C=O) groups is 4. The summed E-state index contributed by atoms with van der Waals surface area (Å²) in [5, 5.41) is 0. The zero-order valence-corrected chi connectivity index (χ0v) is 15.8. The van der Waals surface area contributed by atoms with E-state index in [-0.39, 0.29) is 32.1 Å². The van der Waals surface area contributed by atoms with E-state index in [1.807, 2.05) is 0 Å². The number of likely N-dealkylation sites (tertiary alicyclic amines) is 1. The van der Waals surface area contributed by atoms with E-state index < -0.39 is 30.1 Å². The van der Waals surface area contributed by atoms with E-state index in [4.69, 9.17) is 9.47 Å². The molecule has 0 aliphatic carbocycles. The Morgan fingerprint density at radius 3 is 2.29 bits per heavy atom. The van der Waals surface area contributed by atoms with Crippen LogP contribution in [0.4, 0.5) is 0 Å². The fraction of sp³-hybridized carbons (Fsp3) is 0.400. The van der Waals surface area contributed by atoms with Crippen LogP contribution in [0, 0.1) is 0 Å². The standard InChI is InChI=1S/C20H23NO7/c1-3-26-17(22)10-11-18(23)28-15-12-16(20(25)27-4-2)21(13-15)19(24)14-8-6-5-7-9-14/h5-11,15-16H,3-4,12-13H2,1-2H3/b11-10+/t15-,16+/m1/s1. The van der Waals surface area contributed by atoms with Gasteiger partial charge in [-0.1, -0.05) is 18.2 Å². The second kappa shape index (κ2) is 10.2. The van der Waals surface area contributed by atoms with Gasteiger partial charge in [-0.15, -0.1) is 0 Å². The molecule has 28 heavy (non-hydrogen) atoms. The molecule has 0 N–H and O–H groups in total. The number of hydrogen-bond donors (Lipinski definition) is 0. The maximum Gasteiger partial charge on any atom is 0.331 e. The lowest BCUT2D eigenvalue weighted by Gasteiger charge is -2.22. The van der Waals surface area contributed by atoms with Crippen molar-refractivity contribution in [2.75, 3.05) is 19.8 Å². The Morgan fingerprint density at radius 1 is 1.00 bits per heavy atom. The fourth-order valence-corrected chi connectivity index (χ4v) is 2.85. The molecule has 1 aromatic rings. The first kappa shape index (κ1) is 21.1. The summed E-state index contributed by atoms with van der Waals surface area (Å²) < 4.78 is 15.0. The number of ether oxygens (including phenoxy) is 3. The molecular weight excluding hydrogens is 366 g/mol. The normalized spacial score (nSPS) is 18.7. The van der Waals surface area contributed by atoms with Crippen molar-refractivity contribution >= 4 is 23.8 Å². The average molecular weight is 389 g/mol. The van der Waals surface area contributed by atoms with Gasteiger partial charge < -0.3 is 19.1 Å². The Bertz CT molecular complexity index is 744. The van der Waals surface area contributed by atoms with Gasteiger partial charge in [-0.3, -0.25) is 4.79 Å². The predicted molar refractivity (Wildman–Crippen MR) is 98.2 cm³/mol. The van der Waals surface area contributed by atoms with Gasteiger partial charge in [0.15, 0.2) is 0 Å². The van der Waals surface area contributed by atoms with Crippen molar-refractivity contribution in [1.29, 1.82) is 0 Å². The van der Waals surface area contributed by atoms with Crippen molar-refractivity contribution in [2.24, 2.45) is 0 Å². The molecular formula is C20H23NO7. The molecule has 150 valence electrons. The Labute approximate surface area is 163 Å². The molecule has 1 heterocycles. The maximum absolute atomic E-state index is 12.8. The van der Waals surface area contributed by atoms with Crippen LogP contribution < -0.4 is 0 Å². The third kappa shape index (κ3) is 5.67. The largest absolute Gasteiger partial charge is 0.464 e. The van der Waals surface area contributed by atoms with Gasteiger partial charge in [-0.05, 0) is 26.0 Å². The molecule has 8 heteroatoms. The summed E-state index contributed by atoms with van der Waals surface area (Å²) in [7, 11) is 0. The van der Waals surface area contributed by atoms with Crippen LogP contribution in [-0.2, 0) is 28.6 Å². The second-order valence-electron chi connectivity index (χ2n) is 5.97. The second-order valence-corrected chi connectivity index (χ2v) is 5.97. The zero-order valence-electron chi connectivity index (χ0n) is 15.8. The molecule has 0 bridgehead atoms. The van der Waals surface area contributed by atoms with Crippen molar-refractivity contribution in [3.63, 3.8) is 0 Å². The van der Waals surface area contributed by atoms with E-state index in [1.54, 1.807) is 44.2 Å². The Balaban J connectivity index is 2.08. The lowest BCUT2D eigenvalue weighted by atomic mass is 10.1. The van der Waals surface area contributed by atoms with E-state index in [0.717, 1.165) is 12.2 Å². The first-order chi connectivity index (χ1) is 13.5.